The molecule has 0 unspecified atom stereocenters. The molecule has 1 aromatic carbocycles. The van der Waals surface area contributed by atoms with Crippen LogP contribution in [0.5, 0.6) is 5.75 Å². The van der Waals surface area contributed by atoms with Crippen LogP contribution < -0.4 is 4.74 Å². The molecule has 100 valence electrons. The van der Waals surface area contributed by atoms with E-state index in [2.05, 4.69) is 5.10 Å². The van der Waals surface area contributed by atoms with Gasteiger partial charge in [-0.25, -0.2) is 0 Å². The van der Waals surface area contributed by atoms with Gasteiger partial charge in [-0.15, -0.1) is 0 Å². The normalized spacial score (nSPS) is 12.1. The summed E-state index contributed by atoms with van der Waals surface area (Å²) in [6.07, 6.45) is 2.62. The van der Waals surface area contributed by atoms with Crippen LogP contribution in [-0.2, 0) is 6.54 Å². The Hall–Kier alpha value is -2.41. The van der Waals surface area contributed by atoms with Crippen molar-refractivity contribution in [2.24, 2.45) is 0 Å². The highest BCUT2D eigenvalue weighted by atomic mass is 16.6. The molecular weight excluding hydrogens is 250 g/mol. The predicted molar refractivity (Wildman–Crippen MR) is 66.8 cm³/mol. The number of aliphatic hydroxyl groups is 1. The third kappa shape index (κ3) is 3.78. The zero-order valence-electron chi connectivity index (χ0n) is 10.0. The molecule has 19 heavy (non-hydrogen) atoms. The fourth-order valence-electron chi connectivity index (χ4n) is 1.56. The highest BCUT2D eigenvalue weighted by Crippen LogP contribution is 2.19. The predicted octanol–water partition coefficient (Wildman–Crippen LogP) is 1.23. The second kappa shape index (κ2) is 5.96. The fourth-order valence-corrected chi connectivity index (χ4v) is 1.56. The maximum atomic E-state index is 10.6. The zero-order valence-corrected chi connectivity index (χ0v) is 10.0. The van der Waals surface area contributed by atoms with Crippen molar-refractivity contribution < 1.29 is 14.8 Å². The first-order valence-electron chi connectivity index (χ1n) is 5.68. The summed E-state index contributed by atoms with van der Waals surface area (Å²) in [6, 6.07) is 7.60. The lowest BCUT2D eigenvalue weighted by atomic mass is 10.3. The first kappa shape index (κ1) is 13.0. The van der Waals surface area contributed by atoms with Gasteiger partial charge >= 0.3 is 0 Å². The first-order chi connectivity index (χ1) is 9.15. The molecule has 0 aliphatic carbocycles. The maximum Gasteiger partial charge on any atom is 0.273 e. The molecule has 1 aromatic heterocycles. The Morgan fingerprint density at radius 3 is 3.00 bits per heavy atom. The summed E-state index contributed by atoms with van der Waals surface area (Å²) in [6.45, 7) is 0.350. The van der Waals surface area contributed by atoms with Crippen molar-refractivity contribution in [3.63, 3.8) is 0 Å². The number of hydrogen-bond donors (Lipinski definition) is 1. The summed E-state index contributed by atoms with van der Waals surface area (Å²) in [5, 5.41) is 24.3. The van der Waals surface area contributed by atoms with E-state index < -0.39 is 11.0 Å². The monoisotopic (exact) mass is 263 g/mol. The molecule has 0 aliphatic rings. The SMILES string of the molecule is O=[N+]([O-])c1cccc(OC[C@H](O)Cn2cccn2)c1. The number of ether oxygens (including phenoxy) is 1. The fraction of sp³-hybridized carbons (Fsp3) is 0.250. The molecular formula is C12H13N3O4. The third-order valence-electron chi connectivity index (χ3n) is 2.43. The van der Waals surface area contributed by atoms with Crippen LogP contribution in [0.4, 0.5) is 5.69 Å². The van der Waals surface area contributed by atoms with Crippen molar-refractivity contribution in [3.8, 4) is 5.75 Å². The minimum atomic E-state index is -0.737. The van der Waals surface area contributed by atoms with E-state index in [4.69, 9.17) is 4.74 Å². The van der Waals surface area contributed by atoms with Crippen LogP contribution in [-0.4, -0.2) is 32.5 Å². The Labute approximate surface area is 109 Å². The number of benzene rings is 1. The molecule has 0 fully saturated rings. The molecule has 0 radical (unpaired) electrons. The third-order valence-corrected chi connectivity index (χ3v) is 2.43. The van der Waals surface area contributed by atoms with Gasteiger partial charge in [-0.1, -0.05) is 6.07 Å². The number of aliphatic hydroxyl groups excluding tert-OH is 1. The summed E-state index contributed by atoms with van der Waals surface area (Å²) in [5.41, 5.74) is -0.0425. The highest BCUT2D eigenvalue weighted by Gasteiger charge is 2.09. The molecule has 2 aromatic rings. The molecule has 1 atom stereocenters. The van der Waals surface area contributed by atoms with Crippen LogP contribution in [0.15, 0.2) is 42.7 Å². The Morgan fingerprint density at radius 2 is 2.32 bits per heavy atom. The van der Waals surface area contributed by atoms with E-state index in [-0.39, 0.29) is 12.3 Å². The van der Waals surface area contributed by atoms with Crippen molar-refractivity contribution >= 4 is 5.69 Å². The van der Waals surface area contributed by atoms with Crippen molar-refractivity contribution in [1.82, 2.24) is 9.78 Å². The number of aromatic nitrogens is 2. The molecule has 0 aliphatic heterocycles. The summed E-state index contributed by atoms with van der Waals surface area (Å²) in [7, 11) is 0. The molecule has 0 saturated heterocycles. The summed E-state index contributed by atoms with van der Waals surface area (Å²) in [4.78, 5) is 10.1. The maximum absolute atomic E-state index is 10.6. The van der Waals surface area contributed by atoms with E-state index in [1.54, 1.807) is 29.2 Å². The van der Waals surface area contributed by atoms with Gasteiger partial charge in [-0.05, 0) is 12.1 Å². The second-order valence-electron chi connectivity index (χ2n) is 3.95. The molecule has 2 rings (SSSR count). The van der Waals surface area contributed by atoms with E-state index in [0.29, 0.717) is 12.3 Å². The molecule has 1 N–H and O–H groups in total. The number of rotatable bonds is 6. The number of nitrogens with zero attached hydrogens (tertiary/aromatic N) is 3. The van der Waals surface area contributed by atoms with Crippen LogP contribution >= 0.6 is 0 Å². The number of hydrogen-bond acceptors (Lipinski definition) is 5. The van der Waals surface area contributed by atoms with Gasteiger partial charge in [0.05, 0.1) is 17.5 Å². The Bertz CT molecular complexity index is 542. The highest BCUT2D eigenvalue weighted by molar-refractivity contribution is 5.37. The number of non-ortho nitro benzene ring substituents is 1. The average molecular weight is 263 g/mol. The lowest BCUT2D eigenvalue weighted by molar-refractivity contribution is -0.384. The van der Waals surface area contributed by atoms with Gasteiger partial charge in [0.2, 0.25) is 0 Å². The van der Waals surface area contributed by atoms with Gasteiger partial charge in [-0.3, -0.25) is 14.8 Å². The van der Waals surface area contributed by atoms with Crippen molar-refractivity contribution in [1.29, 1.82) is 0 Å². The van der Waals surface area contributed by atoms with Gasteiger partial charge in [0.15, 0.2) is 0 Å². The van der Waals surface area contributed by atoms with Crippen LogP contribution in [0, 0.1) is 10.1 Å². The van der Waals surface area contributed by atoms with Crippen molar-refractivity contribution in [3.05, 3.63) is 52.8 Å². The molecule has 0 bridgehead atoms. The first-order valence-corrected chi connectivity index (χ1v) is 5.68. The topological polar surface area (TPSA) is 90.4 Å². The molecule has 0 amide bonds. The largest absolute Gasteiger partial charge is 0.491 e. The lowest BCUT2D eigenvalue weighted by Gasteiger charge is -2.12. The van der Waals surface area contributed by atoms with Gasteiger partial charge in [-0.2, -0.15) is 5.10 Å². The second-order valence-corrected chi connectivity index (χ2v) is 3.95. The van der Waals surface area contributed by atoms with Crippen LogP contribution in [0.2, 0.25) is 0 Å². The van der Waals surface area contributed by atoms with Gasteiger partial charge in [0.25, 0.3) is 5.69 Å². The number of nitro groups is 1. The van der Waals surface area contributed by atoms with Crippen molar-refractivity contribution in [2.75, 3.05) is 6.61 Å². The summed E-state index contributed by atoms with van der Waals surface area (Å²) in [5.74, 6) is 0.355. The Balaban J connectivity index is 1.88. The Kier molecular flexibility index (Phi) is 4.09. The molecule has 1 heterocycles. The summed E-state index contributed by atoms with van der Waals surface area (Å²) >= 11 is 0. The quantitative estimate of drug-likeness (QED) is 0.625. The zero-order chi connectivity index (χ0) is 13.7. The van der Waals surface area contributed by atoms with Crippen molar-refractivity contribution in [2.45, 2.75) is 12.6 Å². The van der Waals surface area contributed by atoms with E-state index in [9.17, 15) is 15.2 Å². The van der Waals surface area contributed by atoms with Crippen LogP contribution in [0.1, 0.15) is 0 Å². The Morgan fingerprint density at radius 1 is 1.47 bits per heavy atom. The molecule has 0 saturated carbocycles. The van der Waals surface area contributed by atoms with Crippen LogP contribution in [0.3, 0.4) is 0 Å². The lowest BCUT2D eigenvalue weighted by Crippen LogP contribution is -2.23. The van der Waals surface area contributed by atoms with E-state index in [0.717, 1.165) is 0 Å². The minimum Gasteiger partial charge on any atom is -0.491 e. The average Bonchev–Trinajstić information content (AvgIpc) is 2.89. The minimum absolute atomic E-state index is 0.0425. The van der Waals surface area contributed by atoms with Gasteiger partial charge in [0.1, 0.15) is 18.5 Å². The van der Waals surface area contributed by atoms with Gasteiger partial charge < -0.3 is 9.84 Å². The molecule has 7 heteroatoms. The molecule has 0 spiro atoms. The van der Waals surface area contributed by atoms with Gasteiger partial charge in [0, 0.05) is 18.5 Å². The van der Waals surface area contributed by atoms with E-state index in [1.807, 2.05) is 0 Å². The van der Waals surface area contributed by atoms with E-state index >= 15 is 0 Å². The molecule has 7 nitrogen and oxygen atoms in total. The summed E-state index contributed by atoms with van der Waals surface area (Å²) < 4.78 is 6.90. The van der Waals surface area contributed by atoms with Crippen LogP contribution in [0.25, 0.3) is 0 Å². The van der Waals surface area contributed by atoms with E-state index in [1.165, 1.54) is 18.2 Å². The standard InChI is InChI=1S/C12H13N3O4/c16-11(8-14-6-2-5-13-14)9-19-12-4-1-3-10(7-12)15(17)18/h1-7,11,16H,8-9H2/t11-/m1/s1. The number of nitro benzene ring substituents is 1. The smallest absolute Gasteiger partial charge is 0.273 e.